The molecular weight excluding hydrogens is 499 g/mol. The first-order valence-electron chi connectivity index (χ1n) is 12.5. The minimum Gasteiger partial charge on any atom is -0.345 e. The topological polar surface area (TPSA) is 74.6 Å². The zero-order valence-corrected chi connectivity index (χ0v) is 22.4. The Hall–Kier alpha value is -2.34. The Morgan fingerprint density at radius 2 is 1.75 bits per heavy atom. The van der Waals surface area contributed by atoms with E-state index in [0.29, 0.717) is 23.2 Å². The van der Waals surface area contributed by atoms with Gasteiger partial charge in [-0.05, 0) is 56.8 Å². The van der Waals surface area contributed by atoms with Gasteiger partial charge in [0.15, 0.2) is 9.34 Å². The van der Waals surface area contributed by atoms with Crippen LogP contribution in [0, 0.1) is 11.7 Å². The zero-order chi connectivity index (χ0) is 25.3. The summed E-state index contributed by atoms with van der Waals surface area (Å²) in [6.07, 6.45) is 7.69. The average molecular weight is 533 g/mol. The molecule has 0 aliphatic carbocycles. The normalized spacial score (nSPS) is 19.6. The summed E-state index contributed by atoms with van der Waals surface area (Å²) in [6, 6.07) is 6.62. The molecule has 36 heavy (non-hydrogen) atoms. The van der Waals surface area contributed by atoms with Gasteiger partial charge in [-0.1, -0.05) is 23.5 Å². The molecule has 4 heterocycles. The minimum absolute atomic E-state index is 0.0457. The number of piperidine rings is 1. The number of sulfonamides is 1. The molecule has 2 aromatic heterocycles. The van der Waals surface area contributed by atoms with E-state index in [1.165, 1.54) is 29.7 Å². The predicted molar refractivity (Wildman–Crippen MR) is 139 cm³/mol. The first kappa shape index (κ1) is 25.3. The van der Waals surface area contributed by atoms with Crippen molar-refractivity contribution >= 4 is 26.5 Å². The van der Waals surface area contributed by atoms with E-state index >= 15 is 0 Å². The summed E-state index contributed by atoms with van der Waals surface area (Å²) < 4.78 is 44.0. The second-order valence-corrected chi connectivity index (χ2v) is 13.0. The second-order valence-electron chi connectivity index (χ2n) is 9.82. The first-order valence-corrected chi connectivity index (χ1v) is 14.7. The summed E-state index contributed by atoms with van der Waals surface area (Å²) in [5, 5.41) is 0.792. The summed E-state index contributed by atoms with van der Waals surface area (Å²) in [5.41, 5.74) is 2.14. The third kappa shape index (κ3) is 5.34. The van der Waals surface area contributed by atoms with Gasteiger partial charge in [-0.25, -0.2) is 22.8 Å². The van der Waals surface area contributed by atoms with Crippen LogP contribution in [-0.2, 0) is 16.4 Å². The van der Waals surface area contributed by atoms with Gasteiger partial charge in [0.05, 0.1) is 18.6 Å². The molecule has 5 rings (SSSR count). The summed E-state index contributed by atoms with van der Waals surface area (Å²) in [7, 11) is -1.44. The van der Waals surface area contributed by atoms with Crippen molar-refractivity contribution in [3.8, 4) is 0 Å². The fourth-order valence-corrected chi connectivity index (χ4v) is 7.83. The first-order chi connectivity index (χ1) is 17.3. The monoisotopic (exact) mass is 532 g/mol. The molecular formula is C25H33FN6O2S2. The molecule has 2 saturated heterocycles. The van der Waals surface area contributed by atoms with Crippen LogP contribution in [0.15, 0.2) is 47.2 Å². The highest BCUT2D eigenvalue weighted by atomic mass is 32.2. The van der Waals surface area contributed by atoms with Gasteiger partial charge in [0.25, 0.3) is 10.0 Å². The SMILES string of the molecule is CC(c1ccc(F)cc1)n1cncc1CC1CCN(S(=O)(=O)c2cnc(N3CCN(C)CC3)s2)CC1. The summed E-state index contributed by atoms with van der Waals surface area (Å²) in [6.45, 7) is 6.75. The molecule has 0 radical (unpaired) electrons. The van der Waals surface area contributed by atoms with Crippen molar-refractivity contribution in [2.45, 2.75) is 36.4 Å². The molecule has 2 fully saturated rings. The minimum atomic E-state index is -3.53. The smallest absolute Gasteiger partial charge is 0.254 e. The second kappa shape index (κ2) is 10.6. The quantitative estimate of drug-likeness (QED) is 0.464. The number of thiazole rings is 1. The molecule has 0 amide bonds. The predicted octanol–water partition coefficient (Wildman–Crippen LogP) is 3.48. The maximum absolute atomic E-state index is 13.3. The van der Waals surface area contributed by atoms with Crippen LogP contribution >= 0.6 is 11.3 Å². The van der Waals surface area contributed by atoms with Crippen LogP contribution in [0.4, 0.5) is 9.52 Å². The van der Waals surface area contributed by atoms with Crippen LogP contribution in [0.3, 0.4) is 0 Å². The summed E-state index contributed by atoms with van der Waals surface area (Å²) in [5.74, 6) is 0.141. The Morgan fingerprint density at radius 3 is 2.44 bits per heavy atom. The highest BCUT2D eigenvalue weighted by molar-refractivity contribution is 7.91. The molecule has 0 spiro atoms. The number of piperazine rings is 1. The van der Waals surface area contributed by atoms with E-state index in [-0.39, 0.29) is 11.9 Å². The molecule has 11 heteroatoms. The standard InChI is InChI=1S/C25H33FN6O2S2/c1-19(21-3-5-22(26)6-4-21)32-18-27-16-23(32)15-20-7-9-31(10-8-20)36(33,34)24-17-28-25(35-24)30-13-11-29(2)12-14-30/h3-6,16-20H,7-15H2,1-2H3. The van der Waals surface area contributed by atoms with E-state index in [1.807, 2.05) is 24.7 Å². The largest absolute Gasteiger partial charge is 0.345 e. The number of hydrogen-bond donors (Lipinski definition) is 0. The van der Waals surface area contributed by atoms with Crippen molar-refractivity contribution in [1.29, 1.82) is 0 Å². The molecule has 0 saturated carbocycles. The molecule has 8 nitrogen and oxygen atoms in total. The number of hydrogen-bond acceptors (Lipinski definition) is 7. The van der Waals surface area contributed by atoms with Crippen LogP contribution in [0.1, 0.15) is 37.1 Å². The lowest BCUT2D eigenvalue weighted by Gasteiger charge is -2.32. The van der Waals surface area contributed by atoms with Crippen LogP contribution < -0.4 is 4.90 Å². The summed E-state index contributed by atoms with van der Waals surface area (Å²) >= 11 is 1.28. The van der Waals surface area contributed by atoms with Crippen LogP contribution in [0.5, 0.6) is 0 Å². The van der Waals surface area contributed by atoms with E-state index in [2.05, 4.69) is 38.3 Å². The van der Waals surface area contributed by atoms with Crippen molar-refractivity contribution in [2.75, 3.05) is 51.2 Å². The Morgan fingerprint density at radius 1 is 1.06 bits per heavy atom. The van der Waals surface area contributed by atoms with Crippen molar-refractivity contribution in [3.63, 3.8) is 0 Å². The number of imidazole rings is 1. The molecule has 1 unspecified atom stereocenters. The van der Waals surface area contributed by atoms with Gasteiger partial charge in [0, 0.05) is 51.2 Å². The van der Waals surface area contributed by atoms with E-state index < -0.39 is 10.0 Å². The van der Waals surface area contributed by atoms with E-state index in [0.717, 1.165) is 61.8 Å². The lowest BCUT2D eigenvalue weighted by molar-refractivity contribution is 0.270. The maximum Gasteiger partial charge on any atom is 0.254 e. The van der Waals surface area contributed by atoms with E-state index in [9.17, 15) is 12.8 Å². The van der Waals surface area contributed by atoms with Crippen LogP contribution in [0.25, 0.3) is 0 Å². The van der Waals surface area contributed by atoms with Gasteiger partial charge in [-0.2, -0.15) is 4.31 Å². The van der Waals surface area contributed by atoms with Gasteiger partial charge < -0.3 is 14.4 Å². The van der Waals surface area contributed by atoms with Crippen LogP contribution in [-0.4, -0.2) is 78.5 Å². The molecule has 3 aromatic rings. The Bertz CT molecular complexity index is 1260. The fraction of sp³-hybridized carbons (Fsp3) is 0.520. The Labute approximate surface area is 216 Å². The molecule has 0 bridgehead atoms. The number of halogens is 1. The van der Waals surface area contributed by atoms with Gasteiger partial charge >= 0.3 is 0 Å². The number of anilines is 1. The molecule has 1 aromatic carbocycles. The Kier molecular flexibility index (Phi) is 7.43. The lowest BCUT2D eigenvalue weighted by atomic mass is 9.93. The highest BCUT2D eigenvalue weighted by Gasteiger charge is 2.32. The van der Waals surface area contributed by atoms with Crippen molar-refractivity contribution in [3.05, 3.63) is 60.1 Å². The zero-order valence-electron chi connectivity index (χ0n) is 20.8. The third-order valence-electron chi connectivity index (χ3n) is 7.43. The van der Waals surface area contributed by atoms with Crippen molar-refractivity contribution in [2.24, 2.45) is 5.92 Å². The Balaban J connectivity index is 1.19. The number of rotatable bonds is 7. The molecule has 2 aliphatic rings. The number of aromatic nitrogens is 3. The van der Waals surface area contributed by atoms with Crippen molar-refractivity contribution in [1.82, 2.24) is 23.7 Å². The summed E-state index contributed by atoms with van der Waals surface area (Å²) in [4.78, 5) is 13.2. The van der Waals surface area contributed by atoms with Crippen LogP contribution in [0.2, 0.25) is 0 Å². The van der Waals surface area contributed by atoms with Gasteiger partial charge in [0.1, 0.15) is 5.82 Å². The number of likely N-dealkylation sites (N-methyl/N-ethyl adjacent to an activating group) is 1. The maximum atomic E-state index is 13.3. The fourth-order valence-electron chi connectivity index (χ4n) is 5.03. The van der Waals surface area contributed by atoms with Gasteiger partial charge in [-0.3, -0.25) is 0 Å². The number of benzene rings is 1. The molecule has 2 aliphatic heterocycles. The van der Waals surface area contributed by atoms with E-state index in [1.54, 1.807) is 4.31 Å². The molecule has 194 valence electrons. The lowest BCUT2D eigenvalue weighted by Crippen LogP contribution is -2.44. The van der Waals surface area contributed by atoms with Gasteiger partial charge in [-0.15, -0.1) is 0 Å². The third-order valence-corrected chi connectivity index (χ3v) is 10.8. The van der Waals surface area contributed by atoms with Gasteiger partial charge in [0.2, 0.25) is 0 Å². The average Bonchev–Trinajstić information content (AvgIpc) is 3.56. The highest BCUT2D eigenvalue weighted by Crippen LogP contribution is 2.32. The molecule has 1 atom stereocenters. The van der Waals surface area contributed by atoms with E-state index in [4.69, 9.17) is 0 Å². The molecule has 0 N–H and O–H groups in total. The number of nitrogens with zero attached hydrogens (tertiary/aromatic N) is 6. The van der Waals surface area contributed by atoms with Crippen molar-refractivity contribution < 1.29 is 12.8 Å².